The Kier molecular flexibility index (Phi) is 5.26. The van der Waals surface area contributed by atoms with E-state index in [-0.39, 0.29) is 30.0 Å². The van der Waals surface area contributed by atoms with Gasteiger partial charge < -0.3 is 14.5 Å². The minimum absolute atomic E-state index is 0.0981. The number of benzene rings is 1. The van der Waals surface area contributed by atoms with Crippen molar-refractivity contribution in [3.05, 3.63) is 75.2 Å². The molecule has 2 heterocycles. The number of aromatic nitrogens is 3. The van der Waals surface area contributed by atoms with Crippen LogP contribution in [0.15, 0.2) is 58.3 Å². The second-order valence-electron chi connectivity index (χ2n) is 5.92. The van der Waals surface area contributed by atoms with Gasteiger partial charge in [-0.15, -0.1) is 0 Å². The molecule has 3 aromatic rings. The third-order valence-electron chi connectivity index (χ3n) is 4.20. The van der Waals surface area contributed by atoms with Crippen molar-refractivity contribution in [2.75, 3.05) is 6.54 Å². The summed E-state index contributed by atoms with van der Waals surface area (Å²) in [5, 5.41) is 0.522. The molecule has 1 aromatic carbocycles. The predicted molar refractivity (Wildman–Crippen MR) is 98.8 cm³/mol. The number of nitrogens with one attached hydrogen (secondary N) is 1. The number of aromatic amines is 1. The minimum Gasteiger partial charge on any atom is -0.335 e. The van der Waals surface area contributed by atoms with Crippen LogP contribution in [0.2, 0.25) is 0 Å². The summed E-state index contributed by atoms with van der Waals surface area (Å²) in [6.45, 7) is 2.89. The topological polar surface area (TPSA) is 88.1 Å². The fourth-order valence-corrected chi connectivity index (χ4v) is 2.79. The van der Waals surface area contributed by atoms with Crippen LogP contribution in [-0.4, -0.2) is 31.9 Å². The lowest BCUT2D eigenvalue weighted by atomic mass is 10.2. The summed E-state index contributed by atoms with van der Waals surface area (Å²) in [5.74, 6) is 0.347. The maximum Gasteiger partial charge on any atom is 0.258 e. The van der Waals surface area contributed by atoms with Crippen LogP contribution in [0, 0.1) is 0 Å². The largest absolute Gasteiger partial charge is 0.335 e. The lowest BCUT2D eigenvalue weighted by Gasteiger charge is -2.20. The molecule has 0 aliphatic carbocycles. The Hall–Kier alpha value is -3.22. The van der Waals surface area contributed by atoms with Gasteiger partial charge in [0.05, 0.1) is 17.4 Å². The molecular formula is C19H20N4O3. The lowest BCUT2D eigenvalue weighted by Crippen LogP contribution is -2.33. The fourth-order valence-electron chi connectivity index (χ4n) is 2.79. The number of carbonyl (C=O) groups excluding carboxylic acids is 1. The Morgan fingerprint density at radius 1 is 1.15 bits per heavy atom. The molecule has 0 aliphatic heterocycles. The summed E-state index contributed by atoms with van der Waals surface area (Å²) < 4.78 is 1.50. The molecule has 0 unspecified atom stereocenters. The standard InChI is InChI=1S/C19H20N4O3/c1-2-22(18(25)10-12-23-11-6-5-9-17(23)24)13-16-20-15-8-4-3-7-14(15)19(26)21-16/h3-9,11H,2,10,12-13H2,1H3,(H,20,21,26). The molecule has 134 valence electrons. The Bertz CT molecular complexity index is 1040. The second-order valence-corrected chi connectivity index (χ2v) is 5.92. The van der Waals surface area contributed by atoms with Crippen LogP contribution in [0.4, 0.5) is 0 Å². The number of nitrogens with zero attached hydrogens (tertiary/aromatic N) is 3. The molecule has 7 nitrogen and oxygen atoms in total. The molecule has 1 amide bonds. The first-order chi connectivity index (χ1) is 12.6. The van der Waals surface area contributed by atoms with E-state index in [2.05, 4.69) is 9.97 Å². The Balaban J connectivity index is 1.73. The van der Waals surface area contributed by atoms with E-state index in [1.54, 1.807) is 41.4 Å². The van der Waals surface area contributed by atoms with Gasteiger partial charge in [0.2, 0.25) is 5.91 Å². The fraction of sp³-hybridized carbons (Fsp3) is 0.263. The maximum absolute atomic E-state index is 12.5. The third-order valence-corrected chi connectivity index (χ3v) is 4.20. The van der Waals surface area contributed by atoms with Gasteiger partial charge in [0.25, 0.3) is 11.1 Å². The summed E-state index contributed by atoms with van der Waals surface area (Å²) in [6, 6.07) is 12.0. The summed E-state index contributed by atoms with van der Waals surface area (Å²) in [6.07, 6.45) is 1.86. The van der Waals surface area contributed by atoms with Crippen molar-refractivity contribution in [2.45, 2.75) is 26.4 Å². The molecule has 2 aromatic heterocycles. The van der Waals surface area contributed by atoms with E-state index in [1.165, 1.54) is 10.6 Å². The number of amides is 1. The van der Waals surface area contributed by atoms with Crippen LogP contribution in [0.3, 0.4) is 0 Å². The number of H-pyrrole nitrogens is 1. The van der Waals surface area contributed by atoms with Crippen molar-refractivity contribution in [3.8, 4) is 0 Å². The molecule has 3 rings (SSSR count). The minimum atomic E-state index is -0.218. The number of carbonyl (C=O) groups is 1. The predicted octanol–water partition coefficient (Wildman–Crippen LogP) is 1.52. The van der Waals surface area contributed by atoms with Crippen molar-refractivity contribution in [1.82, 2.24) is 19.4 Å². The SMILES string of the molecule is CCN(Cc1nc2ccccc2c(=O)[nH]1)C(=O)CCn1ccccc1=O. The van der Waals surface area contributed by atoms with E-state index in [4.69, 9.17) is 0 Å². The zero-order valence-electron chi connectivity index (χ0n) is 14.5. The van der Waals surface area contributed by atoms with Gasteiger partial charge in [-0.25, -0.2) is 4.98 Å². The van der Waals surface area contributed by atoms with Crippen LogP contribution in [0.5, 0.6) is 0 Å². The molecule has 0 atom stereocenters. The molecule has 0 aliphatic rings. The molecular weight excluding hydrogens is 332 g/mol. The smallest absolute Gasteiger partial charge is 0.258 e. The first-order valence-electron chi connectivity index (χ1n) is 8.49. The third kappa shape index (κ3) is 3.88. The van der Waals surface area contributed by atoms with Crippen LogP contribution in [-0.2, 0) is 17.9 Å². The van der Waals surface area contributed by atoms with E-state index in [0.717, 1.165) is 0 Å². The molecule has 0 saturated heterocycles. The van der Waals surface area contributed by atoms with Crippen LogP contribution < -0.4 is 11.1 Å². The highest BCUT2D eigenvalue weighted by Crippen LogP contribution is 2.08. The second kappa shape index (κ2) is 7.77. The van der Waals surface area contributed by atoms with Crippen LogP contribution >= 0.6 is 0 Å². The molecule has 0 spiro atoms. The zero-order chi connectivity index (χ0) is 18.5. The van der Waals surface area contributed by atoms with Crippen molar-refractivity contribution in [1.29, 1.82) is 0 Å². The highest BCUT2D eigenvalue weighted by atomic mass is 16.2. The Morgan fingerprint density at radius 2 is 1.92 bits per heavy atom. The van der Waals surface area contributed by atoms with Gasteiger partial charge in [0.15, 0.2) is 0 Å². The number of para-hydroxylation sites is 1. The zero-order valence-corrected chi connectivity index (χ0v) is 14.5. The first kappa shape index (κ1) is 17.6. The molecule has 0 radical (unpaired) electrons. The first-order valence-corrected chi connectivity index (χ1v) is 8.49. The number of hydrogen-bond acceptors (Lipinski definition) is 4. The van der Waals surface area contributed by atoms with Crippen LogP contribution in [0.1, 0.15) is 19.2 Å². The van der Waals surface area contributed by atoms with Crippen LogP contribution in [0.25, 0.3) is 10.9 Å². The Labute approximate surface area is 149 Å². The number of aryl methyl sites for hydroxylation is 1. The maximum atomic E-state index is 12.5. The highest BCUT2D eigenvalue weighted by Gasteiger charge is 2.14. The molecule has 7 heteroatoms. The van der Waals surface area contributed by atoms with Gasteiger partial charge in [0.1, 0.15) is 5.82 Å². The summed E-state index contributed by atoms with van der Waals surface area (Å²) in [4.78, 5) is 45.1. The molecule has 0 saturated carbocycles. The summed E-state index contributed by atoms with van der Waals surface area (Å²) in [5.41, 5.74) is 0.249. The van der Waals surface area contributed by atoms with Crippen molar-refractivity contribution >= 4 is 16.8 Å². The van der Waals surface area contributed by atoms with Gasteiger partial charge in [0, 0.05) is 31.8 Å². The molecule has 0 fully saturated rings. The number of hydrogen-bond donors (Lipinski definition) is 1. The van der Waals surface area contributed by atoms with E-state index in [1.807, 2.05) is 13.0 Å². The van der Waals surface area contributed by atoms with Crippen molar-refractivity contribution < 1.29 is 4.79 Å². The van der Waals surface area contributed by atoms with E-state index in [9.17, 15) is 14.4 Å². The quantitative estimate of drug-likeness (QED) is 0.729. The van der Waals surface area contributed by atoms with E-state index < -0.39 is 0 Å². The average Bonchev–Trinajstić information content (AvgIpc) is 2.65. The lowest BCUT2D eigenvalue weighted by molar-refractivity contribution is -0.132. The average molecular weight is 352 g/mol. The number of fused-ring (bicyclic) bond motifs is 1. The van der Waals surface area contributed by atoms with Gasteiger partial charge in [-0.1, -0.05) is 18.2 Å². The monoisotopic (exact) mass is 352 g/mol. The van der Waals surface area contributed by atoms with E-state index >= 15 is 0 Å². The van der Waals surface area contributed by atoms with E-state index in [0.29, 0.717) is 29.8 Å². The summed E-state index contributed by atoms with van der Waals surface area (Å²) >= 11 is 0. The molecule has 0 bridgehead atoms. The number of pyridine rings is 1. The normalized spacial score (nSPS) is 10.8. The molecule has 26 heavy (non-hydrogen) atoms. The molecule has 1 N–H and O–H groups in total. The highest BCUT2D eigenvalue weighted by molar-refractivity contribution is 5.77. The van der Waals surface area contributed by atoms with Gasteiger partial charge >= 0.3 is 0 Å². The van der Waals surface area contributed by atoms with Crippen molar-refractivity contribution in [2.24, 2.45) is 0 Å². The number of rotatable bonds is 6. The van der Waals surface area contributed by atoms with Crippen molar-refractivity contribution in [3.63, 3.8) is 0 Å². The van der Waals surface area contributed by atoms with Gasteiger partial charge in [-0.2, -0.15) is 0 Å². The van der Waals surface area contributed by atoms with Gasteiger partial charge in [-0.3, -0.25) is 14.4 Å². The van der Waals surface area contributed by atoms with Gasteiger partial charge in [-0.05, 0) is 25.1 Å². The summed E-state index contributed by atoms with van der Waals surface area (Å²) in [7, 11) is 0. The Morgan fingerprint density at radius 3 is 2.69 bits per heavy atom.